The Kier molecular flexibility index (Phi) is 5.65. The first-order chi connectivity index (χ1) is 10.9. The second-order valence-electron chi connectivity index (χ2n) is 5.92. The Labute approximate surface area is 134 Å². The molecule has 1 aromatic rings. The molecule has 5 nitrogen and oxygen atoms in total. The molecule has 0 radical (unpaired) electrons. The van der Waals surface area contributed by atoms with Crippen molar-refractivity contribution in [3.8, 4) is 0 Å². The molecule has 1 aliphatic rings. The molecule has 1 aliphatic heterocycles. The lowest BCUT2D eigenvalue weighted by molar-refractivity contribution is -0.126. The molecule has 1 aromatic carbocycles. The smallest absolute Gasteiger partial charge is 0.228 e. The molecule has 1 heterocycles. The van der Waals surface area contributed by atoms with Crippen LogP contribution in [0.15, 0.2) is 18.2 Å². The minimum atomic E-state index is -0.801. The zero-order valence-electron chi connectivity index (χ0n) is 13.3. The van der Waals surface area contributed by atoms with E-state index in [2.05, 4.69) is 5.32 Å². The van der Waals surface area contributed by atoms with Gasteiger partial charge in [0.1, 0.15) is 17.3 Å². The predicted molar refractivity (Wildman–Crippen MR) is 83.0 cm³/mol. The van der Waals surface area contributed by atoms with Crippen LogP contribution < -0.4 is 10.2 Å². The molecular weight excluding hydrogens is 304 g/mol. The Hall–Kier alpha value is -2.02. The Bertz CT molecular complexity index is 572. The van der Waals surface area contributed by atoms with Gasteiger partial charge in [-0.25, -0.2) is 8.78 Å². The molecule has 1 unspecified atom stereocenters. The Morgan fingerprint density at radius 3 is 2.61 bits per heavy atom. The number of anilines is 1. The first kappa shape index (κ1) is 17.3. The van der Waals surface area contributed by atoms with Gasteiger partial charge in [-0.3, -0.25) is 9.59 Å². The number of halogens is 2. The molecule has 126 valence electrons. The van der Waals surface area contributed by atoms with Crippen LogP contribution in [-0.2, 0) is 9.59 Å². The monoisotopic (exact) mass is 325 g/mol. The van der Waals surface area contributed by atoms with Crippen molar-refractivity contribution in [2.24, 2.45) is 5.92 Å². The number of carbonyl (C=O) groups is 2. The van der Waals surface area contributed by atoms with E-state index in [1.165, 1.54) is 6.07 Å². The van der Waals surface area contributed by atoms with E-state index in [-0.39, 0.29) is 24.6 Å². The van der Waals surface area contributed by atoms with Crippen LogP contribution in [0.1, 0.15) is 12.8 Å². The molecule has 1 atom stereocenters. The molecule has 0 aromatic heterocycles. The lowest BCUT2D eigenvalue weighted by Crippen LogP contribution is -2.34. The predicted octanol–water partition coefficient (Wildman–Crippen LogP) is 1.39. The van der Waals surface area contributed by atoms with E-state index in [0.717, 1.165) is 30.0 Å². The molecule has 1 fully saturated rings. The largest absolute Gasteiger partial charge is 0.356 e. The van der Waals surface area contributed by atoms with Crippen molar-refractivity contribution >= 4 is 17.5 Å². The molecule has 2 amide bonds. The molecule has 7 heteroatoms. The van der Waals surface area contributed by atoms with E-state index in [0.29, 0.717) is 6.54 Å². The second kappa shape index (κ2) is 7.50. The third-order valence-electron chi connectivity index (χ3n) is 3.78. The van der Waals surface area contributed by atoms with Crippen LogP contribution in [0.5, 0.6) is 0 Å². The van der Waals surface area contributed by atoms with Crippen molar-refractivity contribution in [1.29, 1.82) is 0 Å². The van der Waals surface area contributed by atoms with Gasteiger partial charge in [0.05, 0.1) is 5.92 Å². The number of amides is 2. The Balaban J connectivity index is 1.96. The molecule has 0 aliphatic carbocycles. The summed E-state index contributed by atoms with van der Waals surface area (Å²) in [5, 5.41) is 2.77. The van der Waals surface area contributed by atoms with Crippen molar-refractivity contribution in [3.05, 3.63) is 29.8 Å². The minimum Gasteiger partial charge on any atom is -0.356 e. The average Bonchev–Trinajstić information content (AvgIpc) is 2.85. The summed E-state index contributed by atoms with van der Waals surface area (Å²) >= 11 is 0. The number of hydrogen-bond acceptors (Lipinski definition) is 3. The quantitative estimate of drug-likeness (QED) is 0.804. The fraction of sp³-hybridized carbons (Fsp3) is 0.500. The zero-order valence-corrected chi connectivity index (χ0v) is 13.3. The summed E-state index contributed by atoms with van der Waals surface area (Å²) in [5.74, 6) is -2.88. The summed E-state index contributed by atoms with van der Waals surface area (Å²) in [5.41, 5.74) is -0.375. The summed E-state index contributed by atoms with van der Waals surface area (Å²) < 4.78 is 27.6. The van der Waals surface area contributed by atoms with E-state index in [9.17, 15) is 18.4 Å². The van der Waals surface area contributed by atoms with Gasteiger partial charge < -0.3 is 15.1 Å². The summed E-state index contributed by atoms with van der Waals surface area (Å²) in [7, 11) is 3.89. The van der Waals surface area contributed by atoms with Gasteiger partial charge in [-0.15, -0.1) is 0 Å². The van der Waals surface area contributed by atoms with Gasteiger partial charge in [0, 0.05) is 19.5 Å². The highest BCUT2D eigenvalue weighted by atomic mass is 19.1. The normalized spacial score (nSPS) is 17.9. The highest BCUT2D eigenvalue weighted by Crippen LogP contribution is 2.29. The van der Waals surface area contributed by atoms with Crippen LogP contribution in [0.25, 0.3) is 0 Å². The fourth-order valence-electron chi connectivity index (χ4n) is 2.60. The number of para-hydroxylation sites is 1. The van der Waals surface area contributed by atoms with Crippen molar-refractivity contribution in [1.82, 2.24) is 10.2 Å². The van der Waals surface area contributed by atoms with Gasteiger partial charge in [0.2, 0.25) is 11.8 Å². The van der Waals surface area contributed by atoms with E-state index in [1.54, 1.807) is 0 Å². The van der Waals surface area contributed by atoms with E-state index in [4.69, 9.17) is 0 Å². The first-order valence-electron chi connectivity index (χ1n) is 7.57. The summed E-state index contributed by atoms with van der Waals surface area (Å²) in [6, 6.07) is 3.43. The minimum absolute atomic E-state index is 0.00377. The van der Waals surface area contributed by atoms with Gasteiger partial charge in [0.15, 0.2) is 0 Å². The molecule has 2 rings (SSSR count). The molecule has 0 spiro atoms. The lowest BCUT2D eigenvalue weighted by atomic mass is 10.1. The molecule has 0 bridgehead atoms. The summed E-state index contributed by atoms with van der Waals surface area (Å²) in [6.45, 7) is 1.35. The molecule has 0 saturated carbocycles. The van der Waals surface area contributed by atoms with Crippen LogP contribution in [0, 0.1) is 17.6 Å². The van der Waals surface area contributed by atoms with E-state index in [1.807, 2.05) is 19.0 Å². The standard InChI is InChI=1S/C16H21F2N3O2/c1-20(2)8-4-7-19-16(23)11-9-14(22)21(10-11)15-12(17)5-3-6-13(15)18/h3,5-6,11H,4,7-10H2,1-2H3,(H,19,23). The third-order valence-corrected chi connectivity index (χ3v) is 3.78. The molecule has 1 N–H and O–H groups in total. The maximum atomic E-state index is 13.8. The van der Waals surface area contributed by atoms with Crippen LogP contribution in [0.3, 0.4) is 0 Å². The van der Waals surface area contributed by atoms with Crippen LogP contribution >= 0.6 is 0 Å². The molecular formula is C16H21F2N3O2. The molecule has 1 saturated heterocycles. The van der Waals surface area contributed by atoms with E-state index >= 15 is 0 Å². The van der Waals surface area contributed by atoms with Crippen molar-refractivity contribution in [2.45, 2.75) is 12.8 Å². The fourth-order valence-corrected chi connectivity index (χ4v) is 2.60. The van der Waals surface area contributed by atoms with Crippen molar-refractivity contribution in [3.63, 3.8) is 0 Å². The SMILES string of the molecule is CN(C)CCCNC(=O)C1CC(=O)N(c2c(F)cccc2F)C1. The van der Waals surface area contributed by atoms with E-state index < -0.39 is 23.5 Å². The third kappa shape index (κ3) is 4.25. The Morgan fingerprint density at radius 2 is 2.00 bits per heavy atom. The van der Waals surface area contributed by atoms with Crippen molar-refractivity contribution < 1.29 is 18.4 Å². The number of hydrogen-bond donors (Lipinski definition) is 1. The highest BCUT2D eigenvalue weighted by molar-refractivity contribution is 6.00. The zero-order chi connectivity index (χ0) is 17.0. The number of nitrogens with one attached hydrogen (secondary N) is 1. The summed E-state index contributed by atoms with van der Waals surface area (Å²) in [6.07, 6.45) is 0.762. The van der Waals surface area contributed by atoms with Crippen LogP contribution in [-0.4, -0.2) is 50.4 Å². The maximum absolute atomic E-state index is 13.8. The average molecular weight is 325 g/mol. The second-order valence-corrected chi connectivity index (χ2v) is 5.92. The van der Waals surface area contributed by atoms with Crippen molar-refractivity contribution in [2.75, 3.05) is 38.6 Å². The summed E-state index contributed by atoms with van der Waals surface area (Å²) in [4.78, 5) is 27.1. The maximum Gasteiger partial charge on any atom is 0.228 e. The number of nitrogens with zero attached hydrogens (tertiary/aromatic N) is 2. The number of benzene rings is 1. The van der Waals surface area contributed by atoms with Crippen LogP contribution in [0.4, 0.5) is 14.5 Å². The first-order valence-corrected chi connectivity index (χ1v) is 7.57. The van der Waals surface area contributed by atoms with Gasteiger partial charge in [-0.2, -0.15) is 0 Å². The Morgan fingerprint density at radius 1 is 1.35 bits per heavy atom. The topological polar surface area (TPSA) is 52.7 Å². The highest BCUT2D eigenvalue weighted by Gasteiger charge is 2.37. The van der Waals surface area contributed by atoms with Gasteiger partial charge in [0.25, 0.3) is 0 Å². The van der Waals surface area contributed by atoms with Gasteiger partial charge in [-0.05, 0) is 39.2 Å². The number of rotatable bonds is 6. The van der Waals surface area contributed by atoms with Crippen LogP contribution in [0.2, 0.25) is 0 Å². The number of carbonyl (C=O) groups excluding carboxylic acids is 2. The van der Waals surface area contributed by atoms with Gasteiger partial charge in [-0.1, -0.05) is 6.07 Å². The lowest BCUT2D eigenvalue weighted by Gasteiger charge is -2.18. The van der Waals surface area contributed by atoms with Gasteiger partial charge >= 0.3 is 0 Å². The molecule has 23 heavy (non-hydrogen) atoms.